The number of hydrogen-bond acceptors (Lipinski definition) is 1. The fraction of sp³-hybridized carbons (Fsp3) is 1.00. The van der Waals surface area contributed by atoms with Gasteiger partial charge >= 0.3 is 24.2 Å². The van der Waals surface area contributed by atoms with Gasteiger partial charge in [0, 0.05) is 13.8 Å². The number of hydrogen-bond donors (Lipinski definition) is 0. The molecule has 0 amide bonds. The Hall–Kier alpha value is -1.02. The number of alkyl halides is 14. The molecule has 0 aliphatic heterocycles. The summed E-state index contributed by atoms with van der Waals surface area (Å²) in [5, 5.41) is 0. The maximum atomic E-state index is 13.0. The summed E-state index contributed by atoms with van der Waals surface area (Å²) >= 11 is 0. The molecular weight excluding hydrogens is 402 g/mol. The van der Waals surface area contributed by atoms with Crippen molar-refractivity contribution in [1.82, 2.24) is 0 Å². The third-order valence-electron chi connectivity index (χ3n) is 2.61. The van der Waals surface area contributed by atoms with Crippen LogP contribution in [0.2, 0.25) is 0 Å². The summed E-state index contributed by atoms with van der Waals surface area (Å²) in [5.41, 5.74) is 0. The highest BCUT2D eigenvalue weighted by atomic mass is 19.4. The normalized spacial score (nSPS) is 18.2. The van der Waals surface area contributed by atoms with Crippen molar-refractivity contribution in [2.45, 2.75) is 62.1 Å². The summed E-state index contributed by atoms with van der Waals surface area (Å²) in [6, 6.07) is 0. The van der Waals surface area contributed by atoms with Crippen molar-refractivity contribution < 1.29 is 66.2 Å². The monoisotopic (exact) mass is 410 g/mol. The molecule has 0 rings (SSSR count). The molecule has 0 aromatic rings. The fourth-order valence-electron chi connectivity index (χ4n) is 1.48. The van der Waals surface area contributed by atoms with E-state index < -0.39 is 62.1 Å². The molecule has 0 saturated carbocycles. The molecule has 0 heterocycles. The molecule has 0 aromatic heterocycles. The minimum absolute atomic E-state index is 0.756. The summed E-state index contributed by atoms with van der Waals surface area (Å²) in [7, 11) is 0. The molecule has 2 atom stereocenters. The second kappa shape index (κ2) is 6.30. The van der Waals surface area contributed by atoms with Crippen molar-refractivity contribution >= 4 is 0 Å². The van der Waals surface area contributed by atoms with Crippen molar-refractivity contribution in [3.63, 3.8) is 0 Å². The average molecular weight is 410 g/mol. The fourth-order valence-corrected chi connectivity index (χ4v) is 1.48. The Morgan fingerprint density at radius 1 is 0.480 bits per heavy atom. The molecule has 0 aromatic carbocycles. The van der Waals surface area contributed by atoms with E-state index in [-0.39, 0.29) is 0 Å². The minimum Gasteiger partial charge on any atom is -0.349 e. The topological polar surface area (TPSA) is 9.23 Å². The quantitative estimate of drug-likeness (QED) is 0.530. The lowest BCUT2D eigenvalue weighted by atomic mass is 10.0. The van der Waals surface area contributed by atoms with Crippen molar-refractivity contribution in [3.8, 4) is 0 Å². The van der Waals surface area contributed by atoms with Crippen molar-refractivity contribution in [2.75, 3.05) is 0 Å². The molecule has 0 saturated heterocycles. The van der Waals surface area contributed by atoms with E-state index in [1.54, 1.807) is 0 Å². The summed E-state index contributed by atoms with van der Waals surface area (Å²) in [6.45, 7) is -1.51. The molecule has 0 aliphatic rings. The molecule has 1 nitrogen and oxygen atoms in total. The van der Waals surface area contributed by atoms with E-state index in [2.05, 4.69) is 4.74 Å². The smallest absolute Gasteiger partial charge is 0.349 e. The predicted molar refractivity (Wildman–Crippen MR) is 51.9 cm³/mol. The van der Waals surface area contributed by atoms with Crippen LogP contribution in [0.15, 0.2) is 0 Å². The van der Waals surface area contributed by atoms with Gasteiger partial charge < -0.3 is 4.74 Å². The van der Waals surface area contributed by atoms with E-state index in [9.17, 15) is 61.5 Å². The molecule has 0 N–H and O–H groups in total. The van der Waals surface area contributed by atoms with Gasteiger partial charge in [-0.15, -0.1) is 0 Å². The van der Waals surface area contributed by atoms with Gasteiger partial charge in [0.2, 0.25) is 0 Å². The molecule has 0 aliphatic carbocycles. The largest absolute Gasteiger partial charge is 0.456 e. The van der Waals surface area contributed by atoms with E-state index in [4.69, 9.17) is 0 Å². The first kappa shape index (κ1) is 24.0. The van der Waals surface area contributed by atoms with Crippen LogP contribution in [0.25, 0.3) is 0 Å². The van der Waals surface area contributed by atoms with Crippen LogP contribution in [0.4, 0.5) is 61.5 Å². The van der Waals surface area contributed by atoms with E-state index in [0.29, 0.717) is 0 Å². The zero-order valence-corrected chi connectivity index (χ0v) is 11.9. The van der Waals surface area contributed by atoms with E-state index in [1.807, 2.05) is 0 Å². The number of ether oxygens (including phenoxy) is 1. The summed E-state index contributed by atoms with van der Waals surface area (Å²) in [4.78, 5) is 0. The molecule has 25 heavy (non-hydrogen) atoms. The zero-order valence-electron chi connectivity index (χ0n) is 11.9. The highest BCUT2D eigenvalue weighted by Gasteiger charge is 2.74. The van der Waals surface area contributed by atoms with E-state index in [0.717, 1.165) is 0 Å². The molecule has 152 valence electrons. The number of rotatable bonds is 6. The highest BCUT2D eigenvalue weighted by Crippen LogP contribution is 2.50. The van der Waals surface area contributed by atoms with E-state index in [1.165, 1.54) is 0 Å². The van der Waals surface area contributed by atoms with Crippen molar-refractivity contribution in [1.29, 1.82) is 0 Å². The Balaban J connectivity index is 6.25. The van der Waals surface area contributed by atoms with Crippen LogP contribution in [0.3, 0.4) is 0 Å². The summed E-state index contributed by atoms with van der Waals surface area (Å²) in [5.74, 6) is -24.3. The molecule has 2 unspecified atom stereocenters. The Bertz CT molecular complexity index is 408. The lowest BCUT2D eigenvalue weighted by Gasteiger charge is -2.39. The van der Waals surface area contributed by atoms with Crippen LogP contribution in [0.5, 0.6) is 0 Å². The van der Waals surface area contributed by atoms with Gasteiger partial charge in [-0.25, -0.2) is 17.6 Å². The van der Waals surface area contributed by atoms with Crippen molar-refractivity contribution in [3.05, 3.63) is 0 Å². The number of halogens is 14. The molecule has 15 heteroatoms. The Kier molecular flexibility index (Phi) is 6.04. The lowest BCUT2D eigenvalue weighted by Crippen LogP contribution is -2.63. The van der Waals surface area contributed by atoms with Gasteiger partial charge in [0.15, 0.2) is 12.2 Å². The molecule has 0 fully saturated rings. The molecule has 0 bridgehead atoms. The van der Waals surface area contributed by atoms with E-state index >= 15 is 0 Å². The van der Waals surface area contributed by atoms with Gasteiger partial charge in [0.25, 0.3) is 11.8 Å². The van der Waals surface area contributed by atoms with Crippen molar-refractivity contribution in [2.24, 2.45) is 0 Å². The molecule has 0 radical (unpaired) electrons. The standard InChI is InChI=1S/C10H8F14O/c1-5(11,12)3(7(15,16)9(19,20)21)25-4(6(2,13)14)8(17,18)10(22,23)24/h3-4H,1-2H3. The Morgan fingerprint density at radius 3 is 0.800 bits per heavy atom. The third-order valence-corrected chi connectivity index (χ3v) is 2.61. The van der Waals surface area contributed by atoms with Crippen LogP contribution in [-0.4, -0.2) is 48.3 Å². The second-order valence-electron chi connectivity index (χ2n) is 5.05. The minimum atomic E-state index is -6.92. The van der Waals surface area contributed by atoms with Gasteiger partial charge in [-0.05, 0) is 0 Å². The Labute approximate surface area is 129 Å². The first-order chi connectivity index (χ1) is 10.5. The van der Waals surface area contributed by atoms with Crippen LogP contribution >= 0.6 is 0 Å². The predicted octanol–water partition coefficient (Wildman–Crippen LogP) is 5.45. The SMILES string of the molecule is CC(F)(F)C(OC(C(C)(F)F)C(F)(F)C(F)(F)F)C(F)(F)C(F)(F)F. The van der Waals surface area contributed by atoms with Gasteiger partial charge in [0.05, 0.1) is 0 Å². The molecular formula is C10H8F14O. The van der Waals surface area contributed by atoms with Gasteiger partial charge in [-0.3, -0.25) is 0 Å². The summed E-state index contributed by atoms with van der Waals surface area (Å²) < 4.78 is 179. The van der Waals surface area contributed by atoms with Gasteiger partial charge in [0.1, 0.15) is 0 Å². The summed E-state index contributed by atoms with van der Waals surface area (Å²) in [6.07, 6.45) is -24.0. The first-order valence-corrected chi connectivity index (χ1v) is 5.77. The second-order valence-corrected chi connectivity index (χ2v) is 5.05. The maximum absolute atomic E-state index is 13.0. The third kappa shape index (κ3) is 5.00. The van der Waals surface area contributed by atoms with Crippen LogP contribution in [0, 0.1) is 0 Å². The first-order valence-electron chi connectivity index (χ1n) is 5.77. The van der Waals surface area contributed by atoms with Crippen LogP contribution in [0.1, 0.15) is 13.8 Å². The Morgan fingerprint density at radius 2 is 0.680 bits per heavy atom. The lowest BCUT2D eigenvalue weighted by molar-refractivity contribution is -0.396. The van der Waals surface area contributed by atoms with Gasteiger partial charge in [-0.1, -0.05) is 0 Å². The van der Waals surface area contributed by atoms with Gasteiger partial charge in [-0.2, -0.15) is 43.9 Å². The highest BCUT2D eigenvalue weighted by molar-refractivity contribution is 4.98. The van der Waals surface area contributed by atoms with Crippen LogP contribution in [-0.2, 0) is 4.74 Å². The maximum Gasteiger partial charge on any atom is 0.456 e. The molecule has 0 spiro atoms. The van der Waals surface area contributed by atoms with Crippen LogP contribution < -0.4 is 0 Å². The zero-order chi connectivity index (χ0) is 20.9. The average Bonchev–Trinajstić information content (AvgIpc) is 2.20.